The number of carbonyl (C=O) groups is 1. The lowest BCUT2D eigenvalue weighted by atomic mass is 10.2. The molecule has 3 rings (SSSR count). The van der Waals surface area contributed by atoms with Crippen molar-refractivity contribution >= 4 is 17.7 Å². The molecule has 2 heterocycles. The molecule has 1 fully saturated rings. The van der Waals surface area contributed by atoms with Gasteiger partial charge in [0.2, 0.25) is 5.91 Å². The molecule has 1 aliphatic heterocycles. The number of hydrogen-bond donors (Lipinski definition) is 0. The van der Waals surface area contributed by atoms with Crippen LogP contribution in [0, 0.1) is 0 Å². The number of rotatable bonds is 7. The van der Waals surface area contributed by atoms with Crippen LogP contribution in [0.3, 0.4) is 0 Å². The first-order valence-corrected chi connectivity index (χ1v) is 10.7. The molecule has 28 heavy (non-hydrogen) atoms. The summed E-state index contributed by atoms with van der Waals surface area (Å²) >= 11 is 1.47. The van der Waals surface area contributed by atoms with Crippen LogP contribution in [0.15, 0.2) is 42.1 Å². The second-order valence-electron chi connectivity index (χ2n) is 6.93. The van der Waals surface area contributed by atoms with Gasteiger partial charge in [0.05, 0.1) is 12.4 Å². The quantitative estimate of drug-likeness (QED) is 0.519. The van der Waals surface area contributed by atoms with Crippen molar-refractivity contribution in [1.82, 2.24) is 19.7 Å². The highest BCUT2D eigenvalue weighted by atomic mass is 32.2. The number of ether oxygens (including phenoxy) is 1. The van der Waals surface area contributed by atoms with E-state index in [4.69, 9.17) is 4.74 Å². The van der Waals surface area contributed by atoms with Gasteiger partial charge in [-0.15, -0.1) is 16.8 Å². The predicted molar refractivity (Wildman–Crippen MR) is 113 cm³/mol. The highest BCUT2D eigenvalue weighted by molar-refractivity contribution is 8.00. The number of likely N-dealkylation sites (tertiary alicyclic amines) is 1. The Morgan fingerprint density at radius 2 is 1.89 bits per heavy atom. The van der Waals surface area contributed by atoms with Gasteiger partial charge in [-0.2, -0.15) is 0 Å². The summed E-state index contributed by atoms with van der Waals surface area (Å²) in [6.07, 6.45) is 6.44. The average molecular weight is 401 g/mol. The fraction of sp³-hybridized carbons (Fsp3) is 0.476. The molecule has 1 amide bonds. The van der Waals surface area contributed by atoms with E-state index in [1.807, 2.05) is 46.7 Å². The van der Waals surface area contributed by atoms with Crippen LogP contribution >= 0.6 is 11.8 Å². The van der Waals surface area contributed by atoms with E-state index in [-0.39, 0.29) is 11.2 Å². The molecular formula is C21H28N4O2S. The molecule has 0 radical (unpaired) electrons. The summed E-state index contributed by atoms with van der Waals surface area (Å²) in [6.45, 7) is 8.12. The Hall–Kier alpha value is -2.28. The molecule has 1 saturated heterocycles. The first-order valence-electron chi connectivity index (χ1n) is 9.78. The molecule has 0 N–H and O–H groups in total. The van der Waals surface area contributed by atoms with Gasteiger partial charge in [-0.1, -0.05) is 30.7 Å². The van der Waals surface area contributed by atoms with Crippen molar-refractivity contribution in [3.8, 4) is 17.1 Å². The molecule has 6 nitrogen and oxygen atoms in total. The van der Waals surface area contributed by atoms with Crippen LogP contribution in [0.2, 0.25) is 0 Å². The highest BCUT2D eigenvalue weighted by Crippen LogP contribution is 2.29. The Bertz CT molecular complexity index is 795. The van der Waals surface area contributed by atoms with Crippen LogP contribution in [0.5, 0.6) is 5.75 Å². The zero-order valence-electron chi connectivity index (χ0n) is 16.6. The number of amides is 1. The van der Waals surface area contributed by atoms with Crippen molar-refractivity contribution in [3.05, 3.63) is 36.9 Å². The number of carbonyl (C=O) groups excluding carboxylic acids is 1. The van der Waals surface area contributed by atoms with E-state index in [2.05, 4.69) is 16.8 Å². The zero-order valence-corrected chi connectivity index (χ0v) is 17.5. The lowest BCUT2D eigenvalue weighted by Crippen LogP contribution is -2.37. The summed E-state index contributed by atoms with van der Waals surface area (Å²) in [6, 6.07) is 7.73. The monoisotopic (exact) mass is 400 g/mol. The van der Waals surface area contributed by atoms with E-state index >= 15 is 0 Å². The van der Waals surface area contributed by atoms with Crippen molar-refractivity contribution in [2.75, 3.05) is 20.2 Å². The van der Waals surface area contributed by atoms with Gasteiger partial charge in [0.1, 0.15) is 5.75 Å². The van der Waals surface area contributed by atoms with Crippen LogP contribution in [0.25, 0.3) is 11.4 Å². The minimum Gasteiger partial charge on any atom is -0.497 e. The van der Waals surface area contributed by atoms with Gasteiger partial charge in [0.25, 0.3) is 0 Å². The van der Waals surface area contributed by atoms with E-state index in [0.717, 1.165) is 48.2 Å². The SMILES string of the molecule is C=CCn1c(S[C@@H](C)C(=O)N2CCCCCC2)nnc1-c1ccc(OC)cc1. The molecule has 0 aliphatic carbocycles. The number of methoxy groups -OCH3 is 1. The van der Waals surface area contributed by atoms with Gasteiger partial charge in [0.15, 0.2) is 11.0 Å². The van der Waals surface area contributed by atoms with E-state index in [9.17, 15) is 4.79 Å². The largest absolute Gasteiger partial charge is 0.497 e. The molecule has 1 aliphatic rings. The molecule has 7 heteroatoms. The maximum Gasteiger partial charge on any atom is 0.235 e. The fourth-order valence-electron chi connectivity index (χ4n) is 3.38. The van der Waals surface area contributed by atoms with Crippen LogP contribution in [-0.4, -0.2) is 51.0 Å². The molecular weight excluding hydrogens is 372 g/mol. The van der Waals surface area contributed by atoms with Crippen molar-refractivity contribution in [2.45, 2.75) is 49.6 Å². The first kappa shape index (κ1) is 20.5. The van der Waals surface area contributed by atoms with E-state index < -0.39 is 0 Å². The third kappa shape index (κ3) is 4.76. The van der Waals surface area contributed by atoms with Gasteiger partial charge in [-0.3, -0.25) is 9.36 Å². The number of nitrogens with zero attached hydrogens (tertiary/aromatic N) is 4. The number of hydrogen-bond acceptors (Lipinski definition) is 5. The average Bonchev–Trinajstić information content (AvgIpc) is 2.93. The number of allylic oxidation sites excluding steroid dienone is 1. The van der Waals surface area contributed by atoms with E-state index in [1.54, 1.807) is 7.11 Å². The molecule has 1 atom stereocenters. The maximum atomic E-state index is 12.9. The van der Waals surface area contributed by atoms with Crippen molar-refractivity contribution in [3.63, 3.8) is 0 Å². The van der Waals surface area contributed by atoms with Gasteiger partial charge in [-0.25, -0.2) is 0 Å². The molecule has 0 spiro atoms. The number of benzene rings is 1. The third-order valence-electron chi connectivity index (χ3n) is 4.92. The smallest absolute Gasteiger partial charge is 0.235 e. The molecule has 0 bridgehead atoms. The molecule has 1 aromatic heterocycles. The lowest BCUT2D eigenvalue weighted by molar-refractivity contribution is -0.130. The standard InChI is InChI=1S/C21H28N4O2S/c1-4-13-25-19(17-9-11-18(27-3)12-10-17)22-23-21(25)28-16(2)20(26)24-14-7-5-6-8-15-24/h4,9-12,16H,1,5-8,13-15H2,2-3H3/t16-/m0/s1. The summed E-state index contributed by atoms with van der Waals surface area (Å²) < 4.78 is 7.23. The normalized spacial score (nSPS) is 15.7. The molecule has 1 aromatic carbocycles. The Labute approximate surface area is 171 Å². The minimum atomic E-state index is -0.199. The highest BCUT2D eigenvalue weighted by Gasteiger charge is 2.25. The second-order valence-corrected chi connectivity index (χ2v) is 8.24. The fourth-order valence-corrected chi connectivity index (χ4v) is 4.32. The second kappa shape index (κ2) is 9.78. The Morgan fingerprint density at radius 1 is 1.21 bits per heavy atom. The van der Waals surface area contributed by atoms with Crippen LogP contribution in [0.1, 0.15) is 32.6 Å². The Kier molecular flexibility index (Phi) is 7.14. The first-order chi connectivity index (χ1) is 13.6. The predicted octanol–water partition coefficient (Wildman–Crippen LogP) is 4.02. The zero-order chi connectivity index (χ0) is 19.9. The topological polar surface area (TPSA) is 60.2 Å². The Morgan fingerprint density at radius 3 is 2.50 bits per heavy atom. The van der Waals surface area contributed by atoms with Crippen LogP contribution < -0.4 is 4.74 Å². The van der Waals surface area contributed by atoms with E-state index in [1.165, 1.54) is 24.6 Å². The lowest BCUT2D eigenvalue weighted by Gasteiger charge is -2.23. The number of thioether (sulfide) groups is 1. The van der Waals surface area contributed by atoms with Gasteiger partial charge in [-0.05, 0) is 44.0 Å². The van der Waals surface area contributed by atoms with Crippen molar-refractivity contribution in [2.24, 2.45) is 0 Å². The van der Waals surface area contributed by atoms with Gasteiger partial charge >= 0.3 is 0 Å². The van der Waals surface area contributed by atoms with Crippen molar-refractivity contribution in [1.29, 1.82) is 0 Å². The van der Waals surface area contributed by atoms with Gasteiger partial charge < -0.3 is 9.64 Å². The molecule has 2 aromatic rings. The summed E-state index contributed by atoms with van der Waals surface area (Å²) in [5, 5.41) is 9.28. The van der Waals surface area contributed by atoms with Crippen LogP contribution in [0.4, 0.5) is 0 Å². The molecule has 150 valence electrons. The number of aromatic nitrogens is 3. The van der Waals surface area contributed by atoms with E-state index in [0.29, 0.717) is 6.54 Å². The third-order valence-corrected chi connectivity index (χ3v) is 5.99. The van der Waals surface area contributed by atoms with Gasteiger partial charge in [0, 0.05) is 25.2 Å². The summed E-state index contributed by atoms with van der Waals surface area (Å²) in [4.78, 5) is 14.9. The summed E-state index contributed by atoms with van der Waals surface area (Å²) in [5.41, 5.74) is 0.952. The maximum absolute atomic E-state index is 12.9. The molecule has 0 saturated carbocycles. The summed E-state index contributed by atoms with van der Waals surface area (Å²) in [5.74, 6) is 1.75. The Balaban J connectivity index is 1.78. The summed E-state index contributed by atoms with van der Waals surface area (Å²) in [7, 11) is 1.65. The van der Waals surface area contributed by atoms with Crippen molar-refractivity contribution < 1.29 is 9.53 Å². The molecule has 0 unspecified atom stereocenters. The minimum absolute atomic E-state index is 0.186. The van der Waals surface area contributed by atoms with Crippen LogP contribution in [-0.2, 0) is 11.3 Å².